The third-order valence-corrected chi connectivity index (χ3v) is 3.08. The number of hydrogen-bond donors (Lipinski definition) is 1. The van der Waals surface area contributed by atoms with Crippen LogP contribution in [0.5, 0.6) is 0 Å². The van der Waals surface area contributed by atoms with E-state index in [2.05, 4.69) is 24.0 Å². The molecule has 0 aliphatic heterocycles. The monoisotopic (exact) mass is 244 g/mol. The Hall–Kier alpha value is -1.74. The van der Waals surface area contributed by atoms with Crippen molar-refractivity contribution in [1.29, 1.82) is 0 Å². The Morgan fingerprint density at radius 2 is 2.00 bits per heavy atom. The third kappa shape index (κ3) is 2.74. The minimum Gasteiger partial charge on any atom is -0.467 e. The molecule has 18 heavy (non-hydrogen) atoms. The Kier molecular flexibility index (Phi) is 4.05. The van der Waals surface area contributed by atoms with Gasteiger partial charge in [0.05, 0.1) is 12.8 Å². The van der Waals surface area contributed by atoms with E-state index in [0.717, 1.165) is 18.8 Å². The lowest BCUT2D eigenvalue weighted by Crippen LogP contribution is -2.24. The van der Waals surface area contributed by atoms with Crippen molar-refractivity contribution < 1.29 is 4.42 Å². The summed E-state index contributed by atoms with van der Waals surface area (Å²) in [5.74, 6) is 0.969. The number of benzene rings is 1. The van der Waals surface area contributed by atoms with E-state index in [0.29, 0.717) is 0 Å². The normalized spacial score (nSPS) is 12.4. The van der Waals surface area contributed by atoms with Gasteiger partial charge in [0.25, 0.3) is 0 Å². The van der Waals surface area contributed by atoms with Gasteiger partial charge in [-0.2, -0.15) is 0 Å². The zero-order chi connectivity index (χ0) is 13.0. The number of furan rings is 1. The van der Waals surface area contributed by atoms with Crippen LogP contribution in [0.15, 0.2) is 47.1 Å². The molecule has 0 saturated heterocycles. The van der Waals surface area contributed by atoms with E-state index < -0.39 is 0 Å². The first kappa shape index (κ1) is 12.7. The van der Waals surface area contributed by atoms with Crippen LogP contribution in [0.3, 0.4) is 0 Å². The fourth-order valence-corrected chi connectivity index (χ4v) is 2.12. The van der Waals surface area contributed by atoms with Crippen LogP contribution in [0.1, 0.15) is 31.2 Å². The summed E-state index contributed by atoms with van der Waals surface area (Å²) in [5, 5.41) is 0. The van der Waals surface area contributed by atoms with Gasteiger partial charge < -0.3 is 15.1 Å². The molecular formula is C15H20N2O. The highest BCUT2D eigenvalue weighted by Gasteiger charge is 2.13. The molecular weight excluding hydrogens is 224 g/mol. The first-order valence-corrected chi connectivity index (χ1v) is 6.34. The Bertz CT molecular complexity index is 477. The minimum absolute atomic E-state index is 0.0341. The Morgan fingerprint density at radius 1 is 1.22 bits per heavy atom. The Labute approximate surface area is 108 Å². The van der Waals surface area contributed by atoms with Crippen LogP contribution >= 0.6 is 0 Å². The maximum Gasteiger partial charge on any atom is 0.123 e. The summed E-state index contributed by atoms with van der Waals surface area (Å²) in [5.41, 5.74) is 8.39. The number of rotatable bonds is 5. The van der Waals surface area contributed by atoms with Crippen molar-refractivity contribution in [2.24, 2.45) is 5.73 Å². The van der Waals surface area contributed by atoms with Gasteiger partial charge in [-0.05, 0) is 37.6 Å². The van der Waals surface area contributed by atoms with Crippen LogP contribution in [-0.4, -0.2) is 6.54 Å². The van der Waals surface area contributed by atoms with Crippen LogP contribution < -0.4 is 10.6 Å². The van der Waals surface area contributed by atoms with Crippen molar-refractivity contribution in [1.82, 2.24) is 0 Å². The molecule has 0 aliphatic rings. The maximum absolute atomic E-state index is 6.03. The molecule has 1 aromatic heterocycles. The number of anilines is 1. The molecule has 0 spiro atoms. The lowest BCUT2D eigenvalue weighted by Gasteiger charge is -2.26. The Morgan fingerprint density at radius 3 is 2.61 bits per heavy atom. The first-order valence-electron chi connectivity index (χ1n) is 6.34. The third-order valence-electron chi connectivity index (χ3n) is 3.08. The average Bonchev–Trinajstić information content (AvgIpc) is 2.88. The summed E-state index contributed by atoms with van der Waals surface area (Å²) < 4.78 is 5.41. The van der Waals surface area contributed by atoms with Gasteiger partial charge in [-0.25, -0.2) is 0 Å². The topological polar surface area (TPSA) is 42.4 Å². The lowest BCUT2D eigenvalue weighted by molar-refractivity contribution is 0.503. The predicted octanol–water partition coefficient (Wildman–Crippen LogP) is 3.33. The van der Waals surface area contributed by atoms with Crippen LogP contribution in [0.2, 0.25) is 0 Å². The molecule has 0 saturated carbocycles. The highest BCUT2D eigenvalue weighted by molar-refractivity contribution is 5.54. The fraction of sp³-hybridized carbons (Fsp3) is 0.333. The maximum atomic E-state index is 6.03. The standard InChI is InChI=1S/C15H20N2O/c1-3-17(11-13-7-6-10-18-13)15-9-5-4-8-14(15)12(2)16/h4-10,12H,3,11,16H2,1-2H3/t12-/m1/s1. The molecule has 96 valence electrons. The number of para-hydroxylation sites is 1. The van der Waals surface area contributed by atoms with E-state index in [9.17, 15) is 0 Å². The highest BCUT2D eigenvalue weighted by Crippen LogP contribution is 2.26. The Balaban J connectivity index is 2.27. The van der Waals surface area contributed by atoms with Crippen LogP contribution in [0, 0.1) is 0 Å². The van der Waals surface area contributed by atoms with E-state index in [-0.39, 0.29) is 6.04 Å². The van der Waals surface area contributed by atoms with Crippen molar-refractivity contribution in [3.8, 4) is 0 Å². The van der Waals surface area contributed by atoms with E-state index in [1.807, 2.05) is 31.2 Å². The second kappa shape index (κ2) is 5.74. The number of hydrogen-bond acceptors (Lipinski definition) is 3. The molecule has 2 aromatic rings. The van der Waals surface area contributed by atoms with Crippen LogP contribution in [-0.2, 0) is 6.54 Å². The largest absolute Gasteiger partial charge is 0.467 e. The van der Waals surface area contributed by atoms with E-state index in [1.165, 1.54) is 11.3 Å². The van der Waals surface area contributed by atoms with Gasteiger partial charge in [0, 0.05) is 18.3 Å². The summed E-state index contributed by atoms with van der Waals surface area (Å²) in [6.07, 6.45) is 1.71. The van der Waals surface area contributed by atoms with Crippen LogP contribution in [0.25, 0.3) is 0 Å². The fourth-order valence-electron chi connectivity index (χ4n) is 2.12. The lowest BCUT2D eigenvalue weighted by atomic mass is 10.1. The van der Waals surface area contributed by atoms with Gasteiger partial charge in [0.1, 0.15) is 5.76 Å². The SMILES string of the molecule is CCN(Cc1ccco1)c1ccccc1[C@@H](C)N. The molecule has 2 N–H and O–H groups in total. The van der Waals surface area contributed by atoms with Gasteiger partial charge >= 0.3 is 0 Å². The molecule has 0 aliphatic carbocycles. The molecule has 0 fully saturated rings. The average molecular weight is 244 g/mol. The predicted molar refractivity (Wildman–Crippen MR) is 74.5 cm³/mol. The second-order valence-corrected chi connectivity index (χ2v) is 4.44. The summed E-state index contributed by atoms with van der Waals surface area (Å²) in [6, 6.07) is 12.2. The van der Waals surface area contributed by atoms with Gasteiger partial charge in [-0.1, -0.05) is 18.2 Å². The van der Waals surface area contributed by atoms with Crippen molar-refractivity contribution in [3.63, 3.8) is 0 Å². The molecule has 0 bridgehead atoms. The van der Waals surface area contributed by atoms with Crippen molar-refractivity contribution >= 4 is 5.69 Å². The molecule has 0 amide bonds. The smallest absolute Gasteiger partial charge is 0.123 e. The second-order valence-electron chi connectivity index (χ2n) is 4.44. The number of nitrogens with two attached hydrogens (primary N) is 1. The van der Waals surface area contributed by atoms with Crippen molar-refractivity contribution in [2.75, 3.05) is 11.4 Å². The quantitative estimate of drug-likeness (QED) is 0.877. The molecule has 3 heteroatoms. The van der Waals surface area contributed by atoms with Gasteiger partial charge in [-0.3, -0.25) is 0 Å². The highest BCUT2D eigenvalue weighted by atomic mass is 16.3. The first-order chi connectivity index (χ1) is 8.72. The molecule has 1 atom stereocenters. The van der Waals surface area contributed by atoms with Gasteiger partial charge in [0.2, 0.25) is 0 Å². The molecule has 1 aromatic carbocycles. The van der Waals surface area contributed by atoms with Gasteiger partial charge in [0.15, 0.2) is 0 Å². The molecule has 2 rings (SSSR count). The zero-order valence-corrected chi connectivity index (χ0v) is 11.0. The van der Waals surface area contributed by atoms with E-state index in [1.54, 1.807) is 6.26 Å². The van der Waals surface area contributed by atoms with E-state index in [4.69, 9.17) is 10.2 Å². The summed E-state index contributed by atoms with van der Waals surface area (Å²) >= 11 is 0. The molecule has 3 nitrogen and oxygen atoms in total. The van der Waals surface area contributed by atoms with Crippen molar-refractivity contribution in [2.45, 2.75) is 26.4 Å². The van der Waals surface area contributed by atoms with Crippen molar-refractivity contribution in [3.05, 3.63) is 54.0 Å². The van der Waals surface area contributed by atoms with Crippen LogP contribution in [0.4, 0.5) is 5.69 Å². The summed E-state index contributed by atoms with van der Waals surface area (Å²) in [6.45, 7) is 5.85. The zero-order valence-electron chi connectivity index (χ0n) is 11.0. The number of nitrogens with zero attached hydrogens (tertiary/aromatic N) is 1. The summed E-state index contributed by atoms with van der Waals surface area (Å²) in [7, 11) is 0. The molecule has 0 radical (unpaired) electrons. The minimum atomic E-state index is 0.0341. The molecule has 0 unspecified atom stereocenters. The summed E-state index contributed by atoms with van der Waals surface area (Å²) in [4.78, 5) is 2.28. The van der Waals surface area contributed by atoms with E-state index >= 15 is 0 Å². The van der Waals surface area contributed by atoms with Gasteiger partial charge in [-0.15, -0.1) is 0 Å². The molecule has 1 heterocycles.